The molecule has 0 unspecified atom stereocenters. The van der Waals surface area contributed by atoms with Crippen LogP contribution < -0.4 is 15.6 Å². The minimum Gasteiger partial charge on any atom is -0.497 e. The summed E-state index contributed by atoms with van der Waals surface area (Å²) in [4.78, 5) is 13.2. The highest BCUT2D eigenvalue weighted by molar-refractivity contribution is 5.63. The van der Waals surface area contributed by atoms with Crippen molar-refractivity contribution in [1.82, 2.24) is 15.1 Å². The molecule has 4 rings (SSSR count). The van der Waals surface area contributed by atoms with Crippen molar-refractivity contribution in [2.75, 3.05) is 13.7 Å². The van der Waals surface area contributed by atoms with Crippen LogP contribution in [0.2, 0.25) is 0 Å². The van der Waals surface area contributed by atoms with Gasteiger partial charge in [0.25, 0.3) is 5.56 Å². The van der Waals surface area contributed by atoms with Crippen molar-refractivity contribution >= 4 is 0 Å². The van der Waals surface area contributed by atoms with E-state index in [0.29, 0.717) is 13.0 Å². The van der Waals surface area contributed by atoms with Gasteiger partial charge in [-0.15, -0.1) is 0 Å². The summed E-state index contributed by atoms with van der Waals surface area (Å²) in [5.74, 6) is 0.847. The number of nitrogens with one attached hydrogen (secondary N) is 2. The second-order valence-corrected chi connectivity index (χ2v) is 7.08. The first kappa shape index (κ1) is 19.7. The van der Waals surface area contributed by atoms with Crippen LogP contribution >= 0.6 is 0 Å². The zero-order chi connectivity index (χ0) is 20.8. The molecule has 0 atom stereocenters. The van der Waals surface area contributed by atoms with Crippen molar-refractivity contribution in [2.24, 2.45) is 0 Å². The van der Waals surface area contributed by atoms with Gasteiger partial charge in [-0.25, -0.2) is 4.68 Å². The molecule has 0 radical (unpaired) electrons. The maximum atomic E-state index is 13.2. The number of rotatable bonds is 8. The molecule has 0 bridgehead atoms. The number of hydrogen-bond donors (Lipinski definition) is 2. The third kappa shape index (κ3) is 4.36. The molecule has 0 amide bonds. The number of H-pyrrole nitrogens is 1. The lowest BCUT2D eigenvalue weighted by Crippen LogP contribution is -2.22. The molecule has 0 spiro atoms. The van der Waals surface area contributed by atoms with Gasteiger partial charge in [0.15, 0.2) is 0 Å². The number of benzene rings is 3. The smallest absolute Gasteiger partial charge is 0.275 e. The van der Waals surface area contributed by atoms with Gasteiger partial charge in [0, 0.05) is 12.1 Å². The van der Waals surface area contributed by atoms with Crippen LogP contribution in [-0.4, -0.2) is 23.4 Å². The molecule has 0 aliphatic heterocycles. The maximum Gasteiger partial charge on any atom is 0.275 e. The number of nitrogens with zero attached hydrogens (tertiary/aromatic N) is 1. The van der Waals surface area contributed by atoms with Gasteiger partial charge in [0.05, 0.1) is 18.5 Å². The molecule has 0 saturated carbocycles. The minimum atomic E-state index is -0.00806. The van der Waals surface area contributed by atoms with Crippen molar-refractivity contribution < 1.29 is 4.74 Å². The van der Waals surface area contributed by atoms with Crippen LogP contribution in [0.5, 0.6) is 5.75 Å². The van der Waals surface area contributed by atoms with Crippen LogP contribution in [0, 0.1) is 0 Å². The number of para-hydroxylation sites is 1. The Hall–Kier alpha value is -3.57. The van der Waals surface area contributed by atoms with Gasteiger partial charge in [-0.05, 0) is 48.4 Å². The van der Waals surface area contributed by atoms with E-state index in [9.17, 15) is 4.79 Å². The van der Waals surface area contributed by atoms with Crippen molar-refractivity contribution in [3.8, 4) is 22.7 Å². The van der Waals surface area contributed by atoms with Crippen molar-refractivity contribution in [3.63, 3.8) is 0 Å². The molecular formula is C25H25N3O2. The molecule has 30 heavy (non-hydrogen) atoms. The number of aromatic amines is 1. The van der Waals surface area contributed by atoms with Crippen LogP contribution in [0.25, 0.3) is 16.9 Å². The summed E-state index contributed by atoms with van der Waals surface area (Å²) in [7, 11) is 1.66. The van der Waals surface area contributed by atoms with Crippen molar-refractivity contribution in [2.45, 2.75) is 13.0 Å². The Morgan fingerprint density at radius 3 is 2.23 bits per heavy atom. The fraction of sp³-hybridized carbons (Fsp3) is 0.160. The van der Waals surface area contributed by atoms with E-state index in [1.54, 1.807) is 11.8 Å². The molecule has 3 aromatic carbocycles. The zero-order valence-electron chi connectivity index (χ0n) is 17.0. The second kappa shape index (κ2) is 9.29. The van der Waals surface area contributed by atoms with Crippen molar-refractivity contribution in [1.29, 1.82) is 0 Å². The first-order valence-corrected chi connectivity index (χ1v) is 10.0. The molecule has 5 heteroatoms. The van der Waals surface area contributed by atoms with Crippen molar-refractivity contribution in [3.05, 3.63) is 106 Å². The standard InChI is InChI=1S/C25H25N3O2/c1-30-22-14-12-19(13-15-22)18-26-17-16-23-24(20-8-4-2-5-9-20)27-28(25(23)29)21-10-6-3-7-11-21/h2-15,26-27H,16-18H2,1H3. The highest BCUT2D eigenvalue weighted by Crippen LogP contribution is 2.21. The Balaban J connectivity index is 1.53. The fourth-order valence-corrected chi connectivity index (χ4v) is 3.50. The van der Waals surface area contributed by atoms with Crippen LogP contribution in [0.15, 0.2) is 89.7 Å². The molecule has 0 aliphatic rings. The number of ether oxygens (including phenoxy) is 1. The molecule has 5 nitrogen and oxygen atoms in total. The Labute approximate surface area is 175 Å². The largest absolute Gasteiger partial charge is 0.497 e. The summed E-state index contributed by atoms with van der Waals surface area (Å²) < 4.78 is 6.83. The van der Waals surface area contributed by atoms with E-state index in [0.717, 1.165) is 34.8 Å². The van der Waals surface area contributed by atoms with E-state index in [-0.39, 0.29) is 5.56 Å². The SMILES string of the molecule is COc1ccc(CNCCc2c(-c3ccccc3)[nH]n(-c3ccccc3)c2=O)cc1. The van der Waals surface area contributed by atoms with Gasteiger partial charge in [-0.3, -0.25) is 9.89 Å². The van der Waals surface area contributed by atoms with Gasteiger partial charge >= 0.3 is 0 Å². The third-order valence-electron chi connectivity index (χ3n) is 5.10. The lowest BCUT2D eigenvalue weighted by Gasteiger charge is -2.06. The Morgan fingerprint density at radius 2 is 1.57 bits per heavy atom. The summed E-state index contributed by atoms with van der Waals surface area (Å²) >= 11 is 0. The Bertz CT molecular complexity index is 1130. The summed E-state index contributed by atoms with van der Waals surface area (Å²) in [5.41, 5.74) is 4.66. The van der Waals surface area contributed by atoms with Gasteiger partial charge in [-0.2, -0.15) is 0 Å². The molecule has 2 N–H and O–H groups in total. The molecular weight excluding hydrogens is 374 g/mol. The van der Waals surface area contributed by atoms with E-state index in [2.05, 4.69) is 10.4 Å². The third-order valence-corrected chi connectivity index (χ3v) is 5.10. The zero-order valence-corrected chi connectivity index (χ0v) is 17.0. The second-order valence-electron chi connectivity index (χ2n) is 7.08. The molecule has 0 aliphatic carbocycles. The fourth-order valence-electron chi connectivity index (χ4n) is 3.50. The summed E-state index contributed by atoms with van der Waals surface area (Å²) in [6, 6.07) is 27.6. The lowest BCUT2D eigenvalue weighted by molar-refractivity contribution is 0.414. The van der Waals surface area contributed by atoms with Gasteiger partial charge in [0.2, 0.25) is 0 Å². The summed E-state index contributed by atoms with van der Waals surface area (Å²) in [5, 5.41) is 6.76. The van der Waals surface area contributed by atoms with E-state index in [1.807, 2.05) is 84.9 Å². The molecule has 1 aromatic heterocycles. The molecule has 0 fully saturated rings. The van der Waals surface area contributed by atoms with Crippen LogP contribution in [0.1, 0.15) is 11.1 Å². The predicted octanol–water partition coefficient (Wildman–Crippen LogP) is 4.17. The van der Waals surface area contributed by atoms with Gasteiger partial charge < -0.3 is 10.1 Å². The highest BCUT2D eigenvalue weighted by atomic mass is 16.5. The van der Waals surface area contributed by atoms with Gasteiger partial charge in [0.1, 0.15) is 5.75 Å². The Kier molecular flexibility index (Phi) is 6.11. The predicted molar refractivity (Wildman–Crippen MR) is 120 cm³/mol. The van der Waals surface area contributed by atoms with Crippen LogP contribution in [0.4, 0.5) is 0 Å². The Morgan fingerprint density at radius 1 is 0.900 bits per heavy atom. The normalized spacial score (nSPS) is 10.8. The van der Waals surface area contributed by atoms with E-state index >= 15 is 0 Å². The van der Waals surface area contributed by atoms with Gasteiger partial charge in [-0.1, -0.05) is 60.7 Å². The summed E-state index contributed by atoms with van der Waals surface area (Å²) in [6.07, 6.45) is 0.634. The van der Waals surface area contributed by atoms with E-state index in [1.165, 1.54) is 5.56 Å². The lowest BCUT2D eigenvalue weighted by atomic mass is 10.1. The highest BCUT2D eigenvalue weighted by Gasteiger charge is 2.16. The number of methoxy groups -OCH3 is 1. The first-order valence-electron chi connectivity index (χ1n) is 10.0. The quantitative estimate of drug-likeness (QED) is 0.437. The topological polar surface area (TPSA) is 59.0 Å². The summed E-state index contributed by atoms with van der Waals surface area (Å²) in [6.45, 7) is 1.44. The molecule has 0 saturated heterocycles. The average Bonchev–Trinajstić information content (AvgIpc) is 3.14. The molecule has 152 valence electrons. The molecule has 4 aromatic rings. The number of aromatic nitrogens is 2. The molecule has 1 heterocycles. The van der Waals surface area contributed by atoms with Crippen LogP contribution in [-0.2, 0) is 13.0 Å². The first-order chi connectivity index (χ1) is 14.8. The number of hydrogen-bond acceptors (Lipinski definition) is 3. The minimum absolute atomic E-state index is 0.00806. The maximum absolute atomic E-state index is 13.2. The van der Waals surface area contributed by atoms with E-state index < -0.39 is 0 Å². The monoisotopic (exact) mass is 399 g/mol. The van der Waals surface area contributed by atoms with Crippen LogP contribution in [0.3, 0.4) is 0 Å². The average molecular weight is 399 g/mol. The van der Waals surface area contributed by atoms with E-state index in [4.69, 9.17) is 4.74 Å².